The van der Waals surface area contributed by atoms with Crippen LogP contribution in [0.25, 0.3) is 23.0 Å². The normalized spacial score (nSPS) is 11.5. The number of benzene rings is 2. The van der Waals surface area contributed by atoms with Crippen molar-refractivity contribution in [2.75, 3.05) is 7.11 Å². The highest BCUT2D eigenvalue weighted by Crippen LogP contribution is 2.29. The molecule has 0 saturated carbocycles. The number of furan rings is 1. The number of methoxy groups -OCH3 is 1. The molecule has 2 aromatic carbocycles. The summed E-state index contributed by atoms with van der Waals surface area (Å²) in [5.74, 6) is 1.26. The molecule has 2 aromatic heterocycles. The maximum absolute atomic E-state index is 12.6. The van der Waals surface area contributed by atoms with Crippen LogP contribution in [0.5, 0.6) is 5.75 Å². The van der Waals surface area contributed by atoms with Crippen LogP contribution in [0.4, 0.5) is 0 Å². The van der Waals surface area contributed by atoms with E-state index in [1.54, 1.807) is 42.5 Å². The van der Waals surface area contributed by atoms with Gasteiger partial charge in [-0.05, 0) is 48.5 Å². The second-order valence-electron chi connectivity index (χ2n) is 6.10. The lowest BCUT2D eigenvalue weighted by atomic mass is 10.2. The molecular formula is C20H15ClN2O5S. The fourth-order valence-electron chi connectivity index (χ4n) is 2.70. The summed E-state index contributed by atoms with van der Waals surface area (Å²) in [5, 5.41) is 4.40. The van der Waals surface area contributed by atoms with E-state index in [0.29, 0.717) is 22.2 Å². The number of ether oxygens (including phenoxy) is 1. The SMILES string of the molecule is COc1ccc(S(=O)(=O)Cc2ccc(-c3nc(-c4ccccc4Cl)no3)o2)cc1. The zero-order chi connectivity index (χ0) is 20.4. The molecular weight excluding hydrogens is 416 g/mol. The number of hydrogen-bond acceptors (Lipinski definition) is 7. The maximum Gasteiger partial charge on any atom is 0.293 e. The van der Waals surface area contributed by atoms with Gasteiger partial charge in [-0.2, -0.15) is 4.98 Å². The summed E-state index contributed by atoms with van der Waals surface area (Å²) < 4.78 is 41.1. The van der Waals surface area contributed by atoms with Crippen molar-refractivity contribution in [2.24, 2.45) is 0 Å². The highest BCUT2D eigenvalue weighted by atomic mass is 35.5. The van der Waals surface area contributed by atoms with E-state index >= 15 is 0 Å². The second kappa shape index (κ2) is 7.73. The fourth-order valence-corrected chi connectivity index (χ4v) is 4.17. The maximum atomic E-state index is 12.6. The van der Waals surface area contributed by atoms with Crippen molar-refractivity contribution in [3.8, 4) is 28.8 Å². The second-order valence-corrected chi connectivity index (χ2v) is 8.50. The highest BCUT2D eigenvalue weighted by Gasteiger charge is 2.20. The molecule has 4 rings (SSSR count). The molecule has 148 valence electrons. The molecule has 7 nitrogen and oxygen atoms in total. The van der Waals surface area contributed by atoms with Gasteiger partial charge in [0.25, 0.3) is 5.89 Å². The smallest absolute Gasteiger partial charge is 0.293 e. The van der Waals surface area contributed by atoms with Gasteiger partial charge >= 0.3 is 0 Å². The van der Waals surface area contributed by atoms with E-state index in [0.717, 1.165) is 0 Å². The van der Waals surface area contributed by atoms with Crippen LogP contribution in [0.2, 0.25) is 5.02 Å². The van der Waals surface area contributed by atoms with Gasteiger partial charge in [0.1, 0.15) is 17.3 Å². The van der Waals surface area contributed by atoms with Gasteiger partial charge in [0, 0.05) is 5.56 Å². The molecule has 0 fully saturated rings. The van der Waals surface area contributed by atoms with Crippen molar-refractivity contribution in [3.63, 3.8) is 0 Å². The Morgan fingerprint density at radius 3 is 2.52 bits per heavy atom. The van der Waals surface area contributed by atoms with Crippen molar-refractivity contribution in [1.29, 1.82) is 0 Å². The molecule has 0 aliphatic rings. The Morgan fingerprint density at radius 1 is 1.03 bits per heavy atom. The molecule has 9 heteroatoms. The molecule has 0 atom stereocenters. The van der Waals surface area contributed by atoms with E-state index in [-0.39, 0.29) is 28.1 Å². The van der Waals surface area contributed by atoms with E-state index < -0.39 is 9.84 Å². The Labute approximate surface area is 171 Å². The summed E-state index contributed by atoms with van der Waals surface area (Å²) >= 11 is 6.15. The third-order valence-electron chi connectivity index (χ3n) is 4.16. The fraction of sp³-hybridized carbons (Fsp3) is 0.100. The van der Waals surface area contributed by atoms with Gasteiger partial charge in [0.15, 0.2) is 15.6 Å². The molecule has 0 aliphatic carbocycles. The molecule has 4 aromatic rings. The van der Waals surface area contributed by atoms with Crippen molar-refractivity contribution >= 4 is 21.4 Å². The van der Waals surface area contributed by atoms with Crippen LogP contribution in [0, 0.1) is 0 Å². The number of aromatic nitrogens is 2. The van der Waals surface area contributed by atoms with Crippen LogP contribution >= 0.6 is 11.6 Å². The first-order chi connectivity index (χ1) is 14.0. The minimum Gasteiger partial charge on any atom is -0.497 e. The van der Waals surface area contributed by atoms with Gasteiger partial charge in [-0.3, -0.25) is 0 Å². The number of halogens is 1. The number of hydrogen-bond donors (Lipinski definition) is 0. The zero-order valence-corrected chi connectivity index (χ0v) is 16.8. The first-order valence-electron chi connectivity index (χ1n) is 8.51. The summed E-state index contributed by atoms with van der Waals surface area (Å²) in [7, 11) is -2.07. The molecule has 0 amide bonds. The van der Waals surface area contributed by atoms with Crippen LogP contribution in [0.1, 0.15) is 5.76 Å². The monoisotopic (exact) mass is 430 g/mol. The Balaban J connectivity index is 1.55. The Bertz CT molecular complexity index is 1250. The highest BCUT2D eigenvalue weighted by molar-refractivity contribution is 7.90. The van der Waals surface area contributed by atoms with E-state index in [9.17, 15) is 8.42 Å². The Kier molecular flexibility index (Phi) is 5.12. The van der Waals surface area contributed by atoms with Crippen LogP contribution < -0.4 is 4.74 Å². The topological polar surface area (TPSA) is 95.4 Å². The van der Waals surface area contributed by atoms with Crippen LogP contribution in [0.15, 0.2) is 74.5 Å². The Morgan fingerprint density at radius 2 is 1.79 bits per heavy atom. The largest absolute Gasteiger partial charge is 0.497 e. The molecule has 29 heavy (non-hydrogen) atoms. The molecule has 0 unspecified atom stereocenters. The molecule has 0 aliphatic heterocycles. The van der Waals surface area contributed by atoms with Gasteiger partial charge < -0.3 is 13.7 Å². The molecule has 0 radical (unpaired) electrons. The summed E-state index contributed by atoms with van der Waals surface area (Å²) in [6, 6.07) is 16.4. The molecule has 0 spiro atoms. The lowest BCUT2D eigenvalue weighted by molar-refractivity contribution is 0.413. The molecule has 2 heterocycles. The summed E-state index contributed by atoms with van der Waals surface area (Å²) in [6.07, 6.45) is 0. The van der Waals surface area contributed by atoms with Gasteiger partial charge in [0.2, 0.25) is 5.82 Å². The standard InChI is InChI=1S/C20H15ClN2O5S/c1-26-13-6-9-15(10-7-13)29(24,25)12-14-8-11-18(27-14)20-22-19(23-28-20)16-4-2-3-5-17(16)21/h2-11H,12H2,1H3. The quantitative estimate of drug-likeness (QED) is 0.440. The number of rotatable bonds is 6. The first-order valence-corrected chi connectivity index (χ1v) is 10.5. The molecule has 0 N–H and O–H groups in total. The predicted octanol–water partition coefficient (Wildman–Crippen LogP) is 4.63. The van der Waals surface area contributed by atoms with Gasteiger partial charge in [-0.25, -0.2) is 8.42 Å². The minimum atomic E-state index is -3.58. The predicted molar refractivity (Wildman–Crippen MR) is 106 cm³/mol. The van der Waals surface area contributed by atoms with E-state index in [4.69, 9.17) is 25.3 Å². The molecule has 0 saturated heterocycles. The number of sulfone groups is 1. The molecule has 0 bridgehead atoms. The van der Waals surface area contributed by atoms with Crippen LogP contribution in [-0.4, -0.2) is 25.7 Å². The van der Waals surface area contributed by atoms with E-state index in [1.807, 2.05) is 6.07 Å². The summed E-state index contributed by atoms with van der Waals surface area (Å²) in [5.41, 5.74) is 0.623. The average Bonchev–Trinajstić information content (AvgIpc) is 3.38. The number of nitrogens with zero attached hydrogens (tertiary/aromatic N) is 2. The van der Waals surface area contributed by atoms with Gasteiger partial charge in [-0.15, -0.1) is 0 Å². The van der Waals surface area contributed by atoms with Gasteiger partial charge in [0.05, 0.1) is 17.0 Å². The average molecular weight is 431 g/mol. The van der Waals surface area contributed by atoms with Gasteiger partial charge in [-0.1, -0.05) is 28.9 Å². The van der Waals surface area contributed by atoms with Crippen LogP contribution in [-0.2, 0) is 15.6 Å². The van der Waals surface area contributed by atoms with E-state index in [2.05, 4.69) is 10.1 Å². The third kappa shape index (κ3) is 4.03. The lowest BCUT2D eigenvalue weighted by Gasteiger charge is -2.04. The van der Waals surface area contributed by atoms with Crippen LogP contribution in [0.3, 0.4) is 0 Å². The zero-order valence-electron chi connectivity index (χ0n) is 15.2. The third-order valence-corrected chi connectivity index (χ3v) is 6.15. The lowest BCUT2D eigenvalue weighted by Crippen LogP contribution is -2.04. The first kappa shape index (κ1) is 19.2. The van der Waals surface area contributed by atoms with Crippen molar-refractivity contribution in [3.05, 3.63) is 71.4 Å². The Hall–Kier alpha value is -3.10. The van der Waals surface area contributed by atoms with Crippen molar-refractivity contribution < 1.29 is 22.1 Å². The minimum absolute atomic E-state index is 0.132. The van der Waals surface area contributed by atoms with Crippen molar-refractivity contribution in [2.45, 2.75) is 10.6 Å². The summed E-state index contributed by atoms with van der Waals surface area (Å²) in [6.45, 7) is 0. The van der Waals surface area contributed by atoms with Crippen molar-refractivity contribution in [1.82, 2.24) is 10.1 Å². The summed E-state index contributed by atoms with van der Waals surface area (Å²) in [4.78, 5) is 4.46. The van der Waals surface area contributed by atoms with E-state index in [1.165, 1.54) is 19.2 Å².